The summed E-state index contributed by atoms with van der Waals surface area (Å²) in [4.78, 5) is 50.8. The van der Waals surface area contributed by atoms with Crippen LogP contribution in [0.25, 0.3) is 11.2 Å². The van der Waals surface area contributed by atoms with E-state index in [1.807, 2.05) is 0 Å². The van der Waals surface area contributed by atoms with Crippen LogP contribution in [0.15, 0.2) is 104 Å². The molecule has 0 spiro atoms. The highest BCUT2D eigenvalue weighted by atomic mass is 32.1. The van der Waals surface area contributed by atoms with Crippen LogP contribution in [-0.2, 0) is 18.9 Å². The molecule has 1 aliphatic rings. The summed E-state index contributed by atoms with van der Waals surface area (Å²) in [6, 6.07) is 25.2. The van der Waals surface area contributed by atoms with E-state index >= 15 is 0 Å². The lowest BCUT2D eigenvalue weighted by molar-refractivity contribution is -0.0606. The first-order valence-corrected chi connectivity index (χ1v) is 13.7. The third-order valence-corrected chi connectivity index (χ3v) is 7.13. The third-order valence-electron chi connectivity index (χ3n) is 6.83. The maximum atomic E-state index is 13.3. The number of imidazole rings is 1. The molecule has 3 aromatic carbocycles. The van der Waals surface area contributed by atoms with Crippen molar-refractivity contribution in [1.82, 2.24) is 19.5 Å². The average Bonchev–Trinajstić information content (AvgIpc) is 3.63. The number of nitrogens with zero attached hydrogens (tertiary/aromatic N) is 3. The van der Waals surface area contributed by atoms with Crippen LogP contribution in [0.3, 0.4) is 0 Å². The van der Waals surface area contributed by atoms with Gasteiger partial charge in [0.2, 0.25) is 0 Å². The van der Waals surface area contributed by atoms with Crippen molar-refractivity contribution in [2.24, 2.45) is 0 Å². The second-order valence-corrected chi connectivity index (χ2v) is 9.94. The molecule has 5 aromatic rings. The summed E-state index contributed by atoms with van der Waals surface area (Å²) in [6.45, 7) is -0.305. The molecule has 0 amide bonds. The van der Waals surface area contributed by atoms with Crippen LogP contribution in [0.1, 0.15) is 37.3 Å². The second kappa shape index (κ2) is 12.3. The summed E-state index contributed by atoms with van der Waals surface area (Å²) in [5.74, 6) is -1.93. The van der Waals surface area contributed by atoms with Gasteiger partial charge in [0.15, 0.2) is 23.1 Å². The molecular weight excluding hydrogens is 572 g/mol. The van der Waals surface area contributed by atoms with Gasteiger partial charge in [-0.3, -0.25) is 4.57 Å². The molecule has 11 nitrogen and oxygen atoms in total. The molecule has 0 radical (unpaired) electrons. The van der Waals surface area contributed by atoms with Gasteiger partial charge in [0.25, 0.3) is 0 Å². The Labute approximate surface area is 250 Å². The van der Waals surface area contributed by atoms with Crippen molar-refractivity contribution < 1.29 is 33.3 Å². The fourth-order valence-corrected chi connectivity index (χ4v) is 4.95. The molecule has 43 heavy (non-hydrogen) atoms. The van der Waals surface area contributed by atoms with Gasteiger partial charge >= 0.3 is 17.9 Å². The summed E-state index contributed by atoms with van der Waals surface area (Å²) in [5.41, 5.74) is 1.74. The van der Waals surface area contributed by atoms with Crippen LogP contribution in [0.5, 0.6) is 0 Å². The normalized spacial score (nSPS) is 19.5. The van der Waals surface area contributed by atoms with E-state index in [2.05, 4.69) is 15.0 Å². The number of nitrogens with one attached hydrogen (secondary N) is 1. The molecule has 0 unspecified atom stereocenters. The second-order valence-electron chi connectivity index (χ2n) is 9.56. The summed E-state index contributed by atoms with van der Waals surface area (Å²) in [6.07, 6.45) is -1.58. The van der Waals surface area contributed by atoms with Crippen molar-refractivity contribution in [3.05, 3.63) is 125 Å². The average molecular weight is 597 g/mol. The van der Waals surface area contributed by atoms with Crippen molar-refractivity contribution >= 4 is 41.3 Å². The Bertz CT molecular complexity index is 1810. The van der Waals surface area contributed by atoms with Crippen LogP contribution in [0, 0.1) is 4.64 Å². The molecule has 4 atom stereocenters. The molecule has 1 aliphatic heterocycles. The van der Waals surface area contributed by atoms with Crippen molar-refractivity contribution in [3.63, 3.8) is 0 Å². The number of ether oxygens (including phenoxy) is 4. The highest BCUT2D eigenvalue weighted by Crippen LogP contribution is 2.36. The van der Waals surface area contributed by atoms with Gasteiger partial charge in [-0.25, -0.2) is 24.4 Å². The lowest BCUT2D eigenvalue weighted by Crippen LogP contribution is -2.41. The van der Waals surface area contributed by atoms with E-state index in [1.165, 1.54) is 12.7 Å². The minimum absolute atomic E-state index is 0.253. The maximum absolute atomic E-state index is 13.3. The van der Waals surface area contributed by atoms with Gasteiger partial charge in [-0.05, 0) is 36.4 Å². The summed E-state index contributed by atoms with van der Waals surface area (Å²) >= 11 is 5.32. The van der Waals surface area contributed by atoms with Crippen LogP contribution < -0.4 is 0 Å². The zero-order valence-corrected chi connectivity index (χ0v) is 23.3. The number of fused-ring (bicyclic) bond motifs is 1. The number of hydrogen-bond acceptors (Lipinski definition) is 10. The quantitative estimate of drug-likeness (QED) is 0.153. The number of hydrogen-bond donors (Lipinski definition) is 1. The summed E-state index contributed by atoms with van der Waals surface area (Å²) in [7, 11) is 0. The van der Waals surface area contributed by atoms with E-state index in [0.29, 0.717) is 16.7 Å². The van der Waals surface area contributed by atoms with E-state index in [9.17, 15) is 14.4 Å². The lowest BCUT2D eigenvalue weighted by atomic mass is 10.1. The number of rotatable bonds is 8. The van der Waals surface area contributed by atoms with E-state index in [1.54, 1.807) is 95.6 Å². The molecular formula is C31H24N4O7S. The number of aromatic nitrogens is 4. The Balaban J connectivity index is 1.37. The zero-order valence-electron chi connectivity index (χ0n) is 22.4. The predicted octanol–water partition coefficient (Wildman–Crippen LogP) is 4.69. The molecule has 3 heterocycles. The van der Waals surface area contributed by atoms with E-state index in [4.69, 9.17) is 31.2 Å². The molecule has 0 aliphatic carbocycles. The molecule has 1 N–H and O–H groups in total. The van der Waals surface area contributed by atoms with Gasteiger partial charge in [-0.15, -0.1) is 0 Å². The van der Waals surface area contributed by atoms with Crippen molar-refractivity contribution in [2.75, 3.05) is 6.61 Å². The first kappa shape index (κ1) is 27.9. The molecule has 216 valence electrons. The van der Waals surface area contributed by atoms with Crippen LogP contribution in [0.4, 0.5) is 0 Å². The Hall–Kier alpha value is -5.20. The fourth-order valence-electron chi connectivity index (χ4n) is 4.75. The minimum atomic E-state index is -1.19. The highest BCUT2D eigenvalue weighted by molar-refractivity contribution is 7.71. The number of aromatic amines is 1. The number of carbonyl (C=O) groups is 3. The zero-order chi connectivity index (χ0) is 29.8. The van der Waals surface area contributed by atoms with Crippen LogP contribution >= 0.6 is 12.2 Å². The Morgan fingerprint density at radius 2 is 1.30 bits per heavy atom. The topological polar surface area (TPSA) is 135 Å². The fraction of sp³-hybridized carbons (Fsp3) is 0.161. The summed E-state index contributed by atoms with van der Waals surface area (Å²) < 4.78 is 25.7. The van der Waals surface area contributed by atoms with Crippen LogP contribution in [-0.4, -0.2) is 62.3 Å². The van der Waals surface area contributed by atoms with Crippen molar-refractivity contribution in [1.29, 1.82) is 0 Å². The SMILES string of the molecule is O=C(OC[C@@H]1O[C@H](n2cnc3c(=S)nc[nH]c32)[C@H](OC(=O)c2ccccc2)[C@H]1OC(=O)c1ccccc1)c1ccccc1. The van der Waals surface area contributed by atoms with Gasteiger partial charge < -0.3 is 23.9 Å². The van der Waals surface area contributed by atoms with Gasteiger partial charge in [-0.2, -0.15) is 0 Å². The largest absolute Gasteiger partial charge is 0.459 e. The molecule has 2 aromatic heterocycles. The molecule has 0 bridgehead atoms. The van der Waals surface area contributed by atoms with Crippen molar-refractivity contribution in [2.45, 2.75) is 24.5 Å². The first-order chi connectivity index (χ1) is 21.0. The first-order valence-electron chi connectivity index (χ1n) is 13.3. The van der Waals surface area contributed by atoms with E-state index < -0.39 is 42.4 Å². The van der Waals surface area contributed by atoms with E-state index in [-0.39, 0.29) is 22.4 Å². The van der Waals surface area contributed by atoms with Gasteiger partial charge in [-0.1, -0.05) is 66.8 Å². The standard InChI is InChI=1S/C31H24N4O7S/c36-29(19-10-4-1-5-11-19)39-16-22-24(41-30(37)20-12-6-2-7-13-20)25(42-31(38)21-14-8-3-9-15-21)28(40-22)35-18-34-23-26(35)32-17-33-27(23)43/h1-15,17-18,22,24-25,28H,16H2,(H,32,33,43)/t22-,24-,25+,28-/m0/s1. The Kier molecular flexibility index (Phi) is 8.03. The van der Waals surface area contributed by atoms with Gasteiger partial charge in [0, 0.05) is 0 Å². The maximum Gasteiger partial charge on any atom is 0.338 e. The third kappa shape index (κ3) is 5.92. The van der Waals surface area contributed by atoms with Crippen molar-refractivity contribution in [3.8, 4) is 0 Å². The molecule has 0 saturated carbocycles. The minimum Gasteiger partial charge on any atom is -0.459 e. The number of benzene rings is 3. The lowest BCUT2D eigenvalue weighted by Gasteiger charge is -2.25. The van der Waals surface area contributed by atoms with Gasteiger partial charge in [0.1, 0.15) is 23.9 Å². The Morgan fingerprint density at radius 1 is 0.767 bits per heavy atom. The number of carbonyl (C=O) groups excluding carboxylic acids is 3. The monoisotopic (exact) mass is 596 g/mol. The Morgan fingerprint density at radius 3 is 1.88 bits per heavy atom. The van der Waals surface area contributed by atoms with E-state index in [0.717, 1.165) is 0 Å². The molecule has 6 rings (SSSR count). The van der Waals surface area contributed by atoms with Crippen LogP contribution in [0.2, 0.25) is 0 Å². The number of esters is 3. The predicted molar refractivity (Wildman–Crippen MR) is 155 cm³/mol. The van der Waals surface area contributed by atoms with Gasteiger partial charge in [0.05, 0.1) is 29.3 Å². The highest BCUT2D eigenvalue weighted by Gasteiger charge is 2.51. The molecule has 1 saturated heterocycles. The summed E-state index contributed by atoms with van der Waals surface area (Å²) in [5, 5.41) is 0. The molecule has 12 heteroatoms. The smallest absolute Gasteiger partial charge is 0.338 e. The number of H-pyrrole nitrogens is 1. The molecule has 1 fully saturated rings.